The van der Waals surface area contributed by atoms with E-state index in [1.54, 1.807) is 45.8 Å². The summed E-state index contributed by atoms with van der Waals surface area (Å²) in [7, 11) is 1.29. The van der Waals surface area contributed by atoms with Crippen molar-refractivity contribution in [1.29, 1.82) is 0 Å². The van der Waals surface area contributed by atoms with Crippen LogP contribution in [0.5, 0.6) is 5.75 Å². The van der Waals surface area contributed by atoms with Crippen molar-refractivity contribution in [1.82, 2.24) is 24.6 Å². The summed E-state index contributed by atoms with van der Waals surface area (Å²) in [5.74, 6) is -0.625. The second-order valence-electron chi connectivity index (χ2n) is 11.9. The molecule has 238 valence electrons. The molecule has 5 amide bonds. The molecule has 12 nitrogen and oxygen atoms in total. The van der Waals surface area contributed by atoms with Crippen LogP contribution in [0, 0.1) is 0 Å². The number of fused-ring (bicyclic) bond motifs is 2. The Morgan fingerprint density at radius 3 is 2.46 bits per heavy atom. The smallest absolute Gasteiger partial charge is 0.410 e. The summed E-state index contributed by atoms with van der Waals surface area (Å²) in [6.45, 7) is 1.60. The van der Waals surface area contributed by atoms with Crippen LogP contribution in [0.1, 0.15) is 66.8 Å². The molecule has 2 saturated heterocycles. The number of likely N-dealkylation sites (tertiary alicyclic amines) is 2. The predicted molar refractivity (Wildman–Crippen MR) is 166 cm³/mol. The lowest BCUT2D eigenvalue weighted by Crippen LogP contribution is -2.53. The molecule has 4 aliphatic rings. The fourth-order valence-electron chi connectivity index (χ4n) is 7.09. The molecular formula is C33H33N5O7S. The number of carbonyl (C=O) groups excluding carboxylic acids is 5. The molecule has 7 rings (SSSR count). The normalized spacial score (nSPS) is 22.2. The highest BCUT2D eigenvalue weighted by Gasteiger charge is 2.45. The van der Waals surface area contributed by atoms with Crippen molar-refractivity contribution in [3.8, 4) is 5.75 Å². The van der Waals surface area contributed by atoms with E-state index in [1.165, 1.54) is 28.2 Å². The highest BCUT2D eigenvalue weighted by atomic mass is 32.1. The standard InChI is InChI=1S/C33H33N5O7S/c1-44-33(43)37-13-5-9-24(37)31(41)36-15-11-20-6-4-10-26(45-21-12-14-35(17-21)32(42)27-16-34-19-46-27)28(20)25(36)18-38-29(39)22-7-2-3-8-23(22)30(38)40/h2-4,6-8,10,16,19,21,24-25H,5,9,11-15,17-18H2,1H3/t21?,24?,25-/m1/s1. The molecule has 13 heteroatoms. The van der Waals surface area contributed by atoms with Gasteiger partial charge in [0.15, 0.2) is 0 Å². The van der Waals surface area contributed by atoms with Crippen molar-refractivity contribution >= 4 is 41.1 Å². The molecule has 0 radical (unpaired) electrons. The van der Waals surface area contributed by atoms with E-state index in [-0.39, 0.29) is 24.5 Å². The van der Waals surface area contributed by atoms with Crippen molar-refractivity contribution in [3.05, 3.63) is 81.3 Å². The number of hydrogen-bond acceptors (Lipinski definition) is 9. The monoisotopic (exact) mass is 643 g/mol. The van der Waals surface area contributed by atoms with Crippen molar-refractivity contribution < 1.29 is 33.4 Å². The van der Waals surface area contributed by atoms with Gasteiger partial charge in [0.05, 0.1) is 49.1 Å². The number of carbonyl (C=O) groups is 5. The summed E-state index contributed by atoms with van der Waals surface area (Å²) in [6, 6.07) is 11.0. The minimum Gasteiger partial charge on any atom is -0.488 e. The van der Waals surface area contributed by atoms with E-state index in [0.717, 1.165) is 11.1 Å². The quantitative estimate of drug-likeness (QED) is 0.374. The fourth-order valence-corrected chi connectivity index (χ4v) is 7.68. The van der Waals surface area contributed by atoms with E-state index in [4.69, 9.17) is 9.47 Å². The molecule has 0 N–H and O–H groups in total. The van der Waals surface area contributed by atoms with Crippen LogP contribution in [-0.4, -0.2) is 106 Å². The summed E-state index contributed by atoms with van der Waals surface area (Å²) in [6.07, 6.45) is 3.01. The minimum absolute atomic E-state index is 0.0724. The Morgan fingerprint density at radius 1 is 0.957 bits per heavy atom. The van der Waals surface area contributed by atoms with E-state index in [0.29, 0.717) is 73.6 Å². The van der Waals surface area contributed by atoms with Gasteiger partial charge < -0.3 is 19.3 Å². The molecular weight excluding hydrogens is 610 g/mol. The Hall–Kier alpha value is -4.78. The van der Waals surface area contributed by atoms with Crippen LogP contribution in [0.25, 0.3) is 0 Å². The van der Waals surface area contributed by atoms with Crippen molar-refractivity contribution in [2.75, 3.05) is 39.8 Å². The van der Waals surface area contributed by atoms with Gasteiger partial charge in [-0.1, -0.05) is 24.3 Å². The van der Waals surface area contributed by atoms with Crippen LogP contribution >= 0.6 is 11.3 Å². The molecule has 1 aromatic heterocycles. The molecule has 2 fully saturated rings. The third-order valence-electron chi connectivity index (χ3n) is 9.32. The number of methoxy groups -OCH3 is 1. The molecule has 0 aliphatic carbocycles. The number of benzene rings is 2. The average Bonchev–Trinajstić information content (AvgIpc) is 3.90. The van der Waals surface area contributed by atoms with Crippen LogP contribution in [-0.2, 0) is 16.0 Å². The number of aromatic nitrogens is 1. The molecule has 3 atom stereocenters. The number of imide groups is 1. The van der Waals surface area contributed by atoms with Gasteiger partial charge in [0.2, 0.25) is 5.91 Å². The van der Waals surface area contributed by atoms with Gasteiger partial charge in [0.1, 0.15) is 22.8 Å². The minimum atomic E-state index is -0.717. The first-order valence-electron chi connectivity index (χ1n) is 15.4. The summed E-state index contributed by atoms with van der Waals surface area (Å²) in [5, 5.41) is 0. The van der Waals surface area contributed by atoms with E-state index in [2.05, 4.69) is 4.98 Å². The summed E-state index contributed by atoms with van der Waals surface area (Å²) in [5.41, 5.74) is 3.97. The van der Waals surface area contributed by atoms with Crippen LogP contribution in [0.4, 0.5) is 4.79 Å². The number of nitrogens with zero attached hydrogens (tertiary/aromatic N) is 5. The maximum absolute atomic E-state index is 14.3. The molecule has 0 spiro atoms. The second-order valence-corrected chi connectivity index (χ2v) is 12.7. The molecule has 4 aliphatic heterocycles. The predicted octanol–water partition coefficient (Wildman–Crippen LogP) is 3.39. The third-order valence-corrected chi connectivity index (χ3v) is 10.1. The molecule has 0 bridgehead atoms. The largest absolute Gasteiger partial charge is 0.488 e. The Bertz CT molecular complexity index is 1680. The van der Waals surface area contributed by atoms with Crippen LogP contribution in [0.15, 0.2) is 54.2 Å². The Kier molecular flexibility index (Phi) is 7.93. The Morgan fingerprint density at radius 2 is 1.74 bits per heavy atom. The number of rotatable bonds is 6. The topological polar surface area (TPSA) is 130 Å². The van der Waals surface area contributed by atoms with Gasteiger partial charge in [-0.3, -0.25) is 34.0 Å². The van der Waals surface area contributed by atoms with Gasteiger partial charge in [-0.05, 0) is 43.0 Å². The highest BCUT2D eigenvalue weighted by Crippen LogP contribution is 2.40. The maximum Gasteiger partial charge on any atom is 0.410 e. The molecule has 5 heterocycles. The first-order valence-corrected chi connectivity index (χ1v) is 16.3. The van der Waals surface area contributed by atoms with Gasteiger partial charge in [-0.25, -0.2) is 4.79 Å². The lowest BCUT2D eigenvalue weighted by Gasteiger charge is -2.41. The van der Waals surface area contributed by atoms with Gasteiger partial charge in [0.25, 0.3) is 17.7 Å². The zero-order chi connectivity index (χ0) is 31.9. The number of ether oxygens (including phenoxy) is 2. The summed E-state index contributed by atoms with van der Waals surface area (Å²) < 4.78 is 11.6. The van der Waals surface area contributed by atoms with E-state index in [9.17, 15) is 24.0 Å². The van der Waals surface area contributed by atoms with Crippen LogP contribution in [0.2, 0.25) is 0 Å². The molecule has 46 heavy (non-hydrogen) atoms. The number of thiazole rings is 1. The van der Waals surface area contributed by atoms with Gasteiger partial charge in [-0.2, -0.15) is 0 Å². The van der Waals surface area contributed by atoms with E-state index < -0.39 is 30.0 Å². The van der Waals surface area contributed by atoms with E-state index >= 15 is 0 Å². The van der Waals surface area contributed by atoms with Crippen LogP contribution in [0.3, 0.4) is 0 Å². The average molecular weight is 644 g/mol. The zero-order valence-corrected chi connectivity index (χ0v) is 26.1. The highest BCUT2D eigenvalue weighted by molar-refractivity contribution is 7.11. The van der Waals surface area contributed by atoms with Gasteiger partial charge in [0, 0.05) is 31.6 Å². The van der Waals surface area contributed by atoms with Crippen molar-refractivity contribution in [3.63, 3.8) is 0 Å². The lowest BCUT2D eigenvalue weighted by atomic mass is 9.90. The van der Waals surface area contributed by atoms with Crippen molar-refractivity contribution in [2.24, 2.45) is 0 Å². The first kappa shape index (κ1) is 29.9. The van der Waals surface area contributed by atoms with Gasteiger partial charge in [-0.15, -0.1) is 11.3 Å². The Labute approximate surface area is 269 Å². The second kappa shape index (κ2) is 12.2. The maximum atomic E-state index is 14.3. The molecule has 0 saturated carbocycles. The molecule has 3 aromatic rings. The first-order chi connectivity index (χ1) is 22.4. The molecule has 2 unspecified atom stereocenters. The molecule has 2 aromatic carbocycles. The fraction of sp³-hybridized carbons (Fsp3) is 0.394. The van der Waals surface area contributed by atoms with Gasteiger partial charge >= 0.3 is 6.09 Å². The van der Waals surface area contributed by atoms with E-state index in [1.807, 2.05) is 18.2 Å². The zero-order valence-electron chi connectivity index (χ0n) is 25.3. The van der Waals surface area contributed by atoms with Crippen LogP contribution < -0.4 is 4.74 Å². The lowest BCUT2D eigenvalue weighted by molar-refractivity contribution is -0.138. The number of hydrogen-bond donors (Lipinski definition) is 0. The summed E-state index contributed by atoms with van der Waals surface area (Å²) in [4.78, 5) is 77.6. The SMILES string of the molecule is COC(=O)N1CCCC1C(=O)N1CCc2cccc(OC3CCN(C(=O)c4cncs4)C3)c2[C@H]1CN1C(=O)c2ccccc2C1=O. The summed E-state index contributed by atoms with van der Waals surface area (Å²) >= 11 is 1.30. The Balaban J connectivity index is 1.21. The third kappa shape index (κ3) is 5.17. The number of amides is 5. The van der Waals surface area contributed by atoms with Crippen molar-refractivity contribution in [2.45, 2.75) is 43.9 Å².